The molecule has 1 fully saturated rings. The first-order chi connectivity index (χ1) is 11.5. The number of carbonyl (C=O) groups excluding carboxylic acids is 1. The minimum Gasteiger partial charge on any atom is -0.366 e. The maximum atomic E-state index is 12.6. The van der Waals surface area contributed by atoms with Crippen LogP contribution in [-0.2, 0) is 4.79 Å². The van der Waals surface area contributed by atoms with Crippen molar-refractivity contribution < 1.29 is 4.79 Å². The average Bonchev–Trinajstić information content (AvgIpc) is 2.81. The van der Waals surface area contributed by atoms with Crippen LogP contribution in [0.1, 0.15) is 5.56 Å². The third-order valence-electron chi connectivity index (χ3n) is 3.32. The maximum Gasteiger partial charge on any atom is 0.267 e. The molecular formula is C17H12BrClN2OS2. The van der Waals surface area contributed by atoms with Gasteiger partial charge in [0.25, 0.3) is 5.91 Å². The van der Waals surface area contributed by atoms with E-state index in [1.54, 1.807) is 6.07 Å². The Hall–Kier alpha value is -1.34. The van der Waals surface area contributed by atoms with Gasteiger partial charge in [0.05, 0.1) is 22.3 Å². The smallest absolute Gasteiger partial charge is 0.267 e. The summed E-state index contributed by atoms with van der Waals surface area (Å²) >= 11 is 16.2. The van der Waals surface area contributed by atoms with Crippen LogP contribution >= 0.6 is 51.5 Å². The standard InChI is InChI=1S/C17H12BrClN2OS2/c18-12-5-3-4-11(8-12)9-15-16(22)21(17(23)24-15)10-20-14-7-2-1-6-13(14)19/h1-9,20H,10H2/b15-9+. The number of nitrogens with one attached hydrogen (secondary N) is 1. The number of nitrogens with zero attached hydrogens (tertiary/aromatic N) is 1. The molecule has 0 aliphatic carbocycles. The highest BCUT2D eigenvalue weighted by Crippen LogP contribution is 2.33. The van der Waals surface area contributed by atoms with Crippen LogP contribution < -0.4 is 5.32 Å². The summed E-state index contributed by atoms with van der Waals surface area (Å²) in [6, 6.07) is 15.2. The van der Waals surface area contributed by atoms with Crippen LogP contribution in [0.15, 0.2) is 57.9 Å². The van der Waals surface area contributed by atoms with Crippen LogP contribution in [0.3, 0.4) is 0 Å². The van der Waals surface area contributed by atoms with Crippen molar-refractivity contribution in [2.45, 2.75) is 0 Å². The second kappa shape index (κ2) is 7.70. The van der Waals surface area contributed by atoms with Crippen molar-refractivity contribution in [2.75, 3.05) is 12.0 Å². The molecule has 1 aliphatic rings. The zero-order valence-electron chi connectivity index (χ0n) is 12.3. The van der Waals surface area contributed by atoms with Gasteiger partial charge in [-0.3, -0.25) is 9.69 Å². The minimum atomic E-state index is -0.107. The van der Waals surface area contributed by atoms with Crippen molar-refractivity contribution in [2.24, 2.45) is 0 Å². The van der Waals surface area contributed by atoms with E-state index in [1.807, 2.05) is 48.5 Å². The Morgan fingerprint density at radius 2 is 2.04 bits per heavy atom. The van der Waals surface area contributed by atoms with Crippen LogP contribution in [0, 0.1) is 0 Å². The molecule has 3 rings (SSSR count). The Balaban J connectivity index is 1.73. The van der Waals surface area contributed by atoms with Gasteiger partial charge in [-0.05, 0) is 35.9 Å². The number of anilines is 1. The molecule has 1 aliphatic heterocycles. The molecule has 0 bridgehead atoms. The Bertz CT molecular complexity index is 841. The number of halogens is 2. The van der Waals surface area contributed by atoms with E-state index in [2.05, 4.69) is 21.2 Å². The molecule has 1 amide bonds. The quantitative estimate of drug-likeness (QED) is 0.512. The number of carbonyl (C=O) groups is 1. The van der Waals surface area contributed by atoms with E-state index < -0.39 is 0 Å². The second-order valence-electron chi connectivity index (χ2n) is 4.98. The molecule has 0 unspecified atom stereocenters. The van der Waals surface area contributed by atoms with E-state index in [4.69, 9.17) is 23.8 Å². The largest absolute Gasteiger partial charge is 0.366 e. The third-order valence-corrected chi connectivity index (χ3v) is 5.52. The van der Waals surface area contributed by atoms with Gasteiger partial charge in [-0.2, -0.15) is 0 Å². The number of amides is 1. The van der Waals surface area contributed by atoms with Crippen LogP contribution in [0.25, 0.3) is 6.08 Å². The van der Waals surface area contributed by atoms with E-state index in [-0.39, 0.29) is 12.6 Å². The summed E-state index contributed by atoms with van der Waals surface area (Å²) in [6.45, 7) is 0.282. The number of para-hydroxylation sites is 1. The number of hydrogen-bond donors (Lipinski definition) is 1. The predicted molar refractivity (Wildman–Crippen MR) is 109 cm³/mol. The summed E-state index contributed by atoms with van der Waals surface area (Å²) in [5, 5.41) is 3.75. The molecule has 1 saturated heterocycles. The fraction of sp³-hybridized carbons (Fsp3) is 0.0588. The second-order valence-corrected chi connectivity index (χ2v) is 7.98. The lowest BCUT2D eigenvalue weighted by atomic mass is 10.2. The van der Waals surface area contributed by atoms with Gasteiger partial charge in [-0.25, -0.2) is 0 Å². The van der Waals surface area contributed by atoms with Gasteiger partial charge >= 0.3 is 0 Å². The minimum absolute atomic E-state index is 0.107. The van der Waals surface area contributed by atoms with Gasteiger partial charge in [0.2, 0.25) is 0 Å². The van der Waals surface area contributed by atoms with Gasteiger partial charge in [-0.1, -0.05) is 75.8 Å². The van der Waals surface area contributed by atoms with Gasteiger partial charge in [0.15, 0.2) is 0 Å². The van der Waals surface area contributed by atoms with Gasteiger partial charge in [-0.15, -0.1) is 0 Å². The summed E-state index contributed by atoms with van der Waals surface area (Å²) in [5.74, 6) is -0.107. The van der Waals surface area contributed by atoms with E-state index in [1.165, 1.54) is 16.7 Å². The molecule has 24 heavy (non-hydrogen) atoms. The molecule has 1 heterocycles. The number of thioether (sulfide) groups is 1. The molecule has 2 aromatic carbocycles. The van der Waals surface area contributed by atoms with Crippen LogP contribution in [0.2, 0.25) is 5.02 Å². The SMILES string of the molecule is O=C1/C(=C\c2cccc(Br)c2)SC(=S)N1CNc1ccccc1Cl. The first kappa shape index (κ1) is 17.5. The highest BCUT2D eigenvalue weighted by atomic mass is 79.9. The summed E-state index contributed by atoms with van der Waals surface area (Å²) in [6.07, 6.45) is 1.85. The van der Waals surface area contributed by atoms with Crippen molar-refractivity contribution >= 4 is 73.5 Å². The molecule has 2 aromatic rings. The summed E-state index contributed by atoms with van der Waals surface area (Å²) in [7, 11) is 0. The molecule has 0 radical (unpaired) electrons. The van der Waals surface area contributed by atoms with E-state index >= 15 is 0 Å². The lowest BCUT2D eigenvalue weighted by molar-refractivity contribution is -0.121. The fourth-order valence-electron chi connectivity index (χ4n) is 2.15. The first-order valence-electron chi connectivity index (χ1n) is 7.04. The van der Waals surface area contributed by atoms with Crippen molar-refractivity contribution in [3.05, 3.63) is 68.5 Å². The molecule has 1 N–H and O–H groups in total. The predicted octanol–water partition coefficient (Wildman–Crippen LogP) is 5.37. The molecule has 7 heteroatoms. The lowest BCUT2D eigenvalue weighted by Crippen LogP contribution is -2.33. The molecule has 0 aromatic heterocycles. The highest BCUT2D eigenvalue weighted by molar-refractivity contribution is 9.10. The summed E-state index contributed by atoms with van der Waals surface area (Å²) < 4.78 is 1.49. The van der Waals surface area contributed by atoms with E-state index in [0.29, 0.717) is 14.2 Å². The zero-order chi connectivity index (χ0) is 17.1. The molecule has 0 spiro atoms. The summed E-state index contributed by atoms with van der Waals surface area (Å²) in [4.78, 5) is 14.7. The Kier molecular flexibility index (Phi) is 5.61. The molecule has 0 atom stereocenters. The van der Waals surface area contributed by atoms with Crippen molar-refractivity contribution in [3.8, 4) is 0 Å². The molecular weight excluding hydrogens is 428 g/mol. The van der Waals surface area contributed by atoms with E-state index in [0.717, 1.165) is 15.7 Å². The van der Waals surface area contributed by atoms with Crippen LogP contribution in [-0.4, -0.2) is 21.8 Å². The lowest BCUT2D eigenvalue weighted by Gasteiger charge is -2.16. The van der Waals surface area contributed by atoms with E-state index in [9.17, 15) is 4.79 Å². The Morgan fingerprint density at radius 1 is 1.25 bits per heavy atom. The highest BCUT2D eigenvalue weighted by Gasteiger charge is 2.31. The third kappa shape index (κ3) is 4.00. The maximum absolute atomic E-state index is 12.6. The Labute approximate surface area is 163 Å². The Morgan fingerprint density at radius 3 is 2.79 bits per heavy atom. The average molecular weight is 440 g/mol. The van der Waals surface area contributed by atoms with Gasteiger partial charge in [0.1, 0.15) is 4.32 Å². The number of hydrogen-bond acceptors (Lipinski definition) is 4. The van der Waals surface area contributed by atoms with Crippen molar-refractivity contribution in [3.63, 3.8) is 0 Å². The van der Waals surface area contributed by atoms with Crippen molar-refractivity contribution in [1.29, 1.82) is 0 Å². The topological polar surface area (TPSA) is 32.3 Å². The zero-order valence-corrected chi connectivity index (χ0v) is 16.3. The van der Waals surface area contributed by atoms with Gasteiger partial charge in [0, 0.05) is 4.47 Å². The number of rotatable bonds is 4. The van der Waals surface area contributed by atoms with Crippen molar-refractivity contribution in [1.82, 2.24) is 4.90 Å². The van der Waals surface area contributed by atoms with Gasteiger partial charge < -0.3 is 5.32 Å². The first-order valence-corrected chi connectivity index (χ1v) is 9.43. The number of benzene rings is 2. The number of thiocarbonyl (C=S) groups is 1. The monoisotopic (exact) mass is 438 g/mol. The normalized spacial score (nSPS) is 16.1. The summed E-state index contributed by atoms with van der Waals surface area (Å²) in [5.41, 5.74) is 1.72. The van der Waals surface area contributed by atoms with Crippen LogP contribution in [0.5, 0.6) is 0 Å². The van der Waals surface area contributed by atoms with Crippen LogP contribution in [0.4, 0.5) is 5.69 Å². The molecule has 0 saturated carbocycles. The molecule has 3 nitrogen and oxygen atoms in total. The fourth-order valence-corrected chi connectivity index (χ4v) is 4.03. The molecule has 122 valence electrons.